The standard InChI is InChI=1S/C21H31NO2/c1-4-6-13-19-16-22(15-18-11-9-8-10-12-18)17-21(19,14-7-5-2)20(23)24-3/h4,8-12,19H,1,5-7,13-17H2,2-3H3/t19-,21-/m1/s1. The maximum Gasteiger partial charge on any atom is 0.313 e. The molecule has 1 aliphatic rings. The fourth-order valence-corrected chi connectivity index (χ4v) is 4.04. The van der Waals surface area contributed by atoms with Crippen molar-refractivity contribution in [3.63, 3.8) is 0 Å². The van der Waals surface area contributed by atoms with Crippen LogP contribution in [0.5, 0.6) is 0 Å². The van der Waals surface area contributed by atoms with Gasteiger partial charge in [0, 0.05) is 19.6 Å². The predicted octanol–water partition coefficient (Wildman–Crippen LogP) is 4.43. The van der Waals surface area contributed by atoms with Gasteiger partial charge in [0.25, 0.3) is 0 Å². The lowest BCUT2D eigenvalue weighted by molar-refractivity contribution is -0.155. The molecule has 0 N–H and O–H groups in total. The number of benzene rings is 1. The zero-order chi connectivity index (χ0) is 17.4. The highest BCUT2D eigenvalue weighted by atomic mass is 16.5. The van der Waals surface area contributed by atoms with E-state index in [0.717, 1.165) is 51.7 Å². The summed E-state index contributed by atoms with van der Waals surface area (Å²) < 4.78 is 5.25. The molecule has 24 heavy (non-hydrogen) atoms. The Morgan fingerprint density at radius 1 is 1.42 bits per heavy atom. The van der Waals surface area contributed by atoms with Crippen molar-refractivity contribution in [3.8, 4) is 0 Å². The highest BCUT2D eigenvalue weighted by Gasteiger charge is 2.51. The van der Waals surface area contributed by atoms with Crippen LogP contribution < -0.4 is 0 Å². The summed E-state index contributed by atoms with van der Waals surface area (Å²) in [5.41, 5.74) is 0.943. The second kappa shape index (κ2) is 9.03. The van der Waals surface area contributed by atoms with E-state index >= 15 is 0 Å². The van der Waals surface area contributed by atoms with E-state index < -0.39 is 0 Å². The molecule has 1 aromatic carbocycles. The van der Waals surface area contributed by atoms with Crippen LogP contribution in [0.15, 0.2) is 43.0 Å². The molecule has 0 saturated carbocycles. The Kier molecular flexibility index (Phi) is 7.04. The molecule has 1 saturated heterocycles. The van der Waals surface area contributed by atoms with E-state index in [0.29, 0.717) is 5.92 Å². The first-order chi connectivity index (χ1) is 11.7. The number of nitrogens with zero attached hydrogens (tertiary/aromatic N) is 1. The Hall–Kier alpha value is -1.61. The number of methoxy groups -OCH3 is 1. The van der Waals surface area contributed by atoms with Crippen molar-refractivity contribution < 1.29 is 9.53 Å². The molecular formula is C21H31NO2. The molecule has 0 aromatic heterocycles. The molecule has 1 aromatic rings. The minimum Gasteiger partial charge on any atom is -0.469 e. The number of likely N-dealkylation sites (tertiary alicyclic amines) is 1. The SMILES string of the molecule is C=CCC[C@@H]1CN(Cc2ccccc2)C[C@@]1(CCCC)C(=O)OC. The van der Waals surface area contributed by atoms with E-state index in [1.165, 1.54) is 12.7 Å². The Morgan fingerprint density at radius 3 is 2.79 bits per heavy atom. The molecule has 0 aliphatic carbocycles. The number of esters is 1. The number of allylic oxidation sites excluding steroid dienone is 1. The van der Waals surface area contributed by atoms with E-state index in [4.69, 9.17) is 4.74 Å². The van der Waals surface area contributed by atoms with Gasteiger partial charge in [-0.3, -0.25) is 9.69 Å². The number of hydrogen-bond donors (Lipinski definition) is 0. The van der Waals surface area contributed by atoms with E-state index in [-0.39, 0.29) is 11.4 Å². The lowest BCUT2D eigenvalue weighted by Gasteiger charge is -2.32. The smallest absolute Gasteiger partial charge is 0.313 e. The van der Waals surface area contributed by atoms with Crippen molar-refractivity contribution in [1.29, 1.82) is 0 Å². The minimum absolute atomic E-state index is 0.0272. The van der Waals surface area contributed by atoms with E-state index in [9.17, 15) is 4.79 Å². The Bertz CT molecular complexity index is 528. The number of carbonyl (C=O) groups excluding carboxylic acids is 1. The summed E-state index contributed by atoms with van der Waals surface area (Å²) >= 11 is 0. The molecule has 0 unspecified atom stereocenters. The molecule has 0 spiro atoms. The van der Waals surface area contributed by atoms with Crippen LogP contribution in [-0.2, 0) is 16.1 Å². The van der Waals surface area contributed by atoms with Crippen LogP contribution in [0.1, 0.15) is 44.6 Å². The van der Waals surface area contributed by atoms with Crippen LogP contribution in [0.25, 0.3) is 0 Å². The molecule has 1 aliphatic heterocycles. The monoisotopic (exact) mass is 329 g/mol. The Morgan fingerprint density at radius 2 is 2.17 bits per heavy atom. The Balaban J connectivity index is 2.19. The summed E-state index contributed by atoms with van der Waals surface area (Å²) in [5.74, 6) is 0.318. The highest BCUT2D eigenvalue weighted by Crippen LogP contribution is 2.44. The van der Waals surface area contributed by atoms with E-state index in [1.807, 2.05) is 12.1 Å². The zero-order valence-corrected chi connectivity index (χ0v) is 15.2. The van der Waals surface area contributed by atoms with Gasteiger partial charge in [-0.25, -0.2) is 0 Å². The van der Waals surface area contributed by atoms with E-state index in [2.05, 4.69) is 42.7 Å². The molecule has 0 amide bonds. The van der Waals surface area contributed by atoms with Crippen molar-refractivity contribution in [2.45, 2.75) is 45.6 Å². The quantitative estimate of drug-likeness (QED) is 0.496. The van der Waals surface area contributed by atoms with Crippen LogP contribution in [0.4, 0.5) is 0 Å². The molecule has 3 nitrogen and oxygen atoms in total. The van der Waals surface area contributed by atoms with Gasteiger partial charge in [-0.1, -0.05) is 56.2 Å². The van der Waals surface area contributed by atoms with Crippen molar-refractivity contribution in [1.82, 2.24) is 4.90 Å². The van der Waals surface area contributed by atoms with Gasteiger partial charge in [-0.05, 0) is 30.7 Å². The van der Waals surface area contributed by atoms with Crippen LogP contribution in [0.3, 0.4) is 0 Å². The van der Waals surface area contributed by atoms with Crippen LogP contribution in [0.2, 0.25) is 0 Å². The first-order valence-corrected chi connectivity index (χ1v) is 9.12. The molecule has 2 rings (SSSR count). The largest absolute Gasteiger partial charge is 0.469 e. The molecule has 1 heterocycles. The molecule has 0 bridgehead atoms. The van der Waals surface area contributed by atoms with E-state index in [1.54, 1.807) is 0 Å². The van der Waals surface area contributed by atoms with Gasteiger partial charge in [-0.2, -0.15) is 0 Å². The zero-order valence-electron chi connectivity index (χ0n) is 15.2. The molecule has 0 radical (unpaired) electrons. The van der Waals surface area contributed by atoms with Gasteiger partial charge >= 0.3 is 5.97 Å². The maximum atomic E-state index is 12.7. The lowest BCUT2D eigenvalue weighted by atomic mass is 9.72. The predicted molar refractivity (Wildman–Crippen MR) is 98.6 cm³/mol. The maximum absolute atomic E-state index is 12.7. The van der Waals surface area contributed by atoms with Crippen LogP contribution >= 0.6 is 0 Å². The second-order valence-electron chi connectivity index (χ2n) is 6.97. The average Bonchev–Trinajstić information content (AvgIpc) is 2.96. The third kappa shape index (κ3) is 4.27. The summed E-state index contributed by atoms with van der Waals surface area (Å²) in [6, 6.07) is 10.5. The second-order valence-corrected chi connectivity index (χ2v) is 6.97. The van der Waals surface area contributed by atoms with Crippen molar-refractivity contribution in [3.05, 3.63) is 48.6 Å². The van der Waals surface area contributed by atoms with Crippen LogP contribution in [-0.4, -0.2) is 31.1 Å². The number of unbranched alkanes of at least 4 members (excludes halogenated alkanes) is 1. The lowest BCUT2D eigenvalue weighted by Crippen LogP contribution is -2.40. The molecule has 2 atom stereocenters. The van der Waals surface area contributed by atoms with Gasteiger partial charge in [0.1, 0.15) is 0 Å². The fraction of sp³-hybridized carbons (Fsp3) is 0.571. The minimum atomic E-state index is -0.359. The number of rotatable bonds is 9. The summed E-state index contributed by atoms with van der Waals surface area (Å²) in [4.78, 5) is 15.2. The third-order valence-electron chi connectivity index (χ3n) is 5.30. The third-order valence-corrected chi connectivity index (χ3v) is 5.30. The number of carbonyl (C=O) groups is 1. The van der Waals surface area contributed by atoms with Gasteiger partial charge < -0.3 is 4.74 Å². The summed E-state index contributed by atoms with van der Waals surface area (Å²) in [5, 5.41) is 0. The molecule has 1 fully saturated rings. The first kappa shape index (κ1) is 18.7. The number of hydrogen-bond acceptors (Lipinski definition) is 3. The van der Waals surface area contributed by atoms with Crippen molar-refractivity contribution in [2.24, 2.45) is 11.3 Å². The normalized spacial score (nSPS) is 24.0. The van der Waals surface area contributed by atoms with Crippen molar-refractivity contribution >= 4 is 5.97 Å². The van der Waals surface area contributed by atoms with Gasteiger partial charge in [0.15, 0.2) is 0 Å². The number of ether oxygens (including phenoxy) is 1. The fourth-order valence-electron chi connectivity index (χ4n) is 4.04. The highest BCUT2D eigenvalue weighted by molar-refractivity contribution is 5.78. The van der Waals surface area contributed by atoms with Gasteiger partial charge in [0.05, 0.1) is 12.5 Å². The first-order valence-electron chi connectivity index (χ1n) is 9.12. The topological polar surface area (TPSA) is 29.5 Å². The van der Waals surface area contributed by atoms with Gasteiger partial charge in [-0.15, -0.1) is 6.58 Å². The molecule has 3 heteroatoms. The average molecular weight is 329 g/mol. The van der Waals surface area contributed by atoms with Crippen LogP contribution in [0, 0.1) is 11.3 Å². The Labute approximate surface area is 146 Å². The summed E-state index contributed by atoms with van der Waals surface area (Å²) in [6.07, 6.45) is 7.01. The van der Waals surface area contributed by atoms with Gasteiger partial charge in [0.2, 0.25) is 0 Å². The van der Waals surface area contributed by atoms with Crippen molar-refractivity contribution in [2.75, 3.05) is 20.2 Å². The summed E-state index contributed by atoms with van der Waals surface area (Å²) in [7, 11) is 1.53. The summed E-state index contributed by atoms with van der Waals surface area (Å²) in [6.45, 7) is 8.70. The molecular weight excluding hydrogens is 298 g/mol. The molecule has 132 valence electrons.